The molecule has 0 aliphatic carbocycles. The third-order valence-electron chi connectivity index (χ3n) is 8.33. The third-order valence-corrected chi connectivity index (χ3v) is 9.71. The molecule has 218 valence electrons. The Morgan fingerprint density at radius 3 is 2.39 bits per heavy atom. The topological polar surface area (TPSA) is 69.3 Å². The van der Waals surface area contributed by atoms with Crippen LogP contribution in [-0.2, 0) is 17.8 Å². The van der Waals surface area contributed by atoms with Gasteiger partial charge >= 0.3 is 0 Å². The number of aromatic nitrogens is 1. The Labute approximate surface area is 254 Å². The van der Waals surface area contributed by atoms with Gasteiger partial charge in [-0.3, -0.25) is 19.1 Å². The number of hydrogen-bond donors (Lipinski definition) is 0. The number of carbonyl (C=O) groups is 1. The smallest absolute Gasteiger partial charge is 0.270 e. The molecule has 0 saturated carbocycles. The molecule has 41 heavy (non-hydrogen) atoms. The number of anilines is 1. The van der Waals surface area contributed by atoms with Crippen molar-refractivity contribution in [3.05, 3.63) is 67.8 Å². The monoisotopic (exact) mass is 590 g/mol. The molecule has 0 N–H and O–H groups in total. The van der Waals surface area contributed by atoms with Crippen molar-refractivity contribution < 1.29 is 4.79 Å². The Morgan fingerprint density at radius 2 is 1.73 bits per heavy atom. The van der Waals surface area contributed by atoms with E-state index in [-0.39, 0.29) is 17.0 Å². The van der Waals surface area contributed by atoms with Crippen LogP contribution < -0.4 is 10.5 Å². The van der Waals surface area contributed by atoms with Gasteiger partial charge in [-0.05, 0) is 62.7 Å². The average Bonchev–Trinajstić information content (AvgIpc) is 3.24. The minimum Gasteiger partial charge on any atom is -0.357 e. The van der Waals surface area contributed by atoms with Crippen molar-refractivity contribution in [2.45, 2.75) is 85.1 Å². The highest BCUT2D eigenvalue weighted by molar-refractivity contribution is 8.26. The first-order chi connectivity index (χ1) is 19.9. The lowest BCUT2D eigenvalue weighted by atomic mass is 9.90. The van der Waals surface area contributed by atoms with E-state index in [4.69, 9.17) is 12.2 Å². The lowest BCUT2D eigenvalue weighted by molar-refractivity contribution is -0.122. The van der Waals surface area contributed by atoms with E-state index in [0.717, 1.165) is 56.6 Å². The maximum absolute atomic E-state index is 13.5. The minimum atomic E-state index is -0.262. The van der Waals surface area contributed by atoms with E-state index in [2.05, 4.69) is 42.2 Å². The highest BCUT2D eigenvalue weighted by Gasteiger charge is 2.33. The van der Waals surface area contributed by atoms with Gasteiger partial charge in [-0.25, -0.2) is 0 Å². The van der Waals surface area contributed by atoms with Crippen LogP contribution in [-0.4, -0.2) is 39.3 Å². The number of hydrogen-bond acceptors (Lipinski definition) is 6. The third kappa shape index (κ3) is 7.31. The molecule has 1 aromatic carbocycles. The molecule has 1 amide bonds. The normalized spacial score (nSPS) is 17.1. The van der Waals surface area contributed by atoms with E-state index in [0.29, 0.717) is 33.8 Å². The van der Waals surface area contributed by atoms with Gasteiger partial charge in [0.2, 0.25) is 0 Å². The van der Waals surface area contributed by atoms with E-state index in [9.17, 15) is 14.9 Å². The van der Waals surface area contributed by atoms with E-state index in [1.165, 1.54) is 43.0 Å². The molecule has 3 heterocycles. The number of nitrogens with zero attached hydrogens (tertiary/aromatic N) is 4. The van der Waals surface area contributed by atoms with Crippen LogP contribution in [0.5, 0.6) is 0 Å². The maximum atomic E-state index is 13.5. The van der Waals surface area contributed by atoms with E-state index in [1.54, 1.807) is 9.47 Å². The number of nitriles is 1. The summed E-state index contributed by atoms with van der Waals surface area (Å²) in [5.41, 5.74) is 2.65. The summed E-state index contributed by atoms with van der Waals surface area (Å²) >= 11 is 6.94. The van der Waals surface area contributed by atoms with E-state index in [1.807, 2.05) is 26.0 Å². The molecule has 8 heteroatoms. The molecule has 2 aromatic rings. The van der Waals surface area contributed by atoms with Crippen LogP contribution in [0.4, 0.5) is 5.82 Å². The standard InChI is InChI=1S/C33H42N4O2S2/c1-4-6-7-8-9-13-18-37-32(39)29(41-33(37)40)22-27-24(3)28(23-34)31(38)36(5-2)30(27)35-19-16-26(17-20-35)21-25-14-11-10-12-15-25/h10-12,14-15,22,26H,4-9,13,16-21H2,1-3H3. The zero-order valence-corrected chi connectivity index (χ0v) is 26.3. The summed E-state index contributed by atoms with van der Waals surface area (Å²) in [5, 5.41) is 9.89. The van der Waals surface area contributed by atoms with Gasteiger partial charge in [0.05, 0.1) is 4.91 Å². The fraction of sp³-hybridized carbons (Fsp3) is 0.515. The second kappa shape index (κ2) is 14.8. The first-order valence-corrected chi connectivity index (χ1v) is 16.3. The Balaban J connectivity index is 1.59. The summed E-state index contributed by atoms with van der Waals surface area (Å²) in [6.45, 7) is 8.70. The Morgan fingerprint density at radius 1 is 1.05 bits per heavy atom. The summed E-state index contributed by atoms with van der Waals surface area (Å²) in [6.07, 6.45) is 11.9. The molecule has 2 aliphatic heterocycles. The number of thioether (sulfide) groups is 1. The lowest BCUT2D eigenvalue weighted by Crippen LogP contribution is -2.39. The summed E-state index contributed by atoms with van der Waals surface area (Å²) in [7, 11) is 0. The molecule has 2 saturated heterocycles. The molecule has 6 nitrogen and oxygen atoms in total. The summed E-state index contributed by atoms with van der Waals surface area (Å²) < 4.78 is 2.30. The number of unbranched alkanes of at least 4 members (excludes halogenated alkanes) is 5. The molecular formula is C33H42N4O2S2. The van der Waals surface area contributed by atoms with Crippen molar-refractivity contribution >= 4 is 46.1 Å². The molecule has 2 aliphatic rings. The first-order valence-electron chi connectivity index (χ1n) is 15.1. The highest BCUT2D eigenvalue weighted by atomic mass is 32.2. The average molecular weight is 591 g/mol. The SMILES string of the molecule is CCCCCCCCN1C(=O)C(=Cc2c(C)c(C#N)c(=O)n(CC)c2N2CCC(Cc3ccccc3)CC2)SC1=S. The molecule has 0 spiro atoms. The van der Waals surface area contributed by atoms with Crippen LogP contribution in [0.2, 0.25) is 0 Å². The quantitative estimate of drug-likeness (QED) is 0.150. The number of carbonyl (C=O) groups excluding carboxylic acids is 1. The molecule has 0 radical (unpaired) electrons. The summed E-state index contributed by atoms with van der Waals surface area (Å²) in [6, 6.07) is 12.7. The van der Waals surface area contributed by atoms with Crippen LogP contribution in [0.3, 0.4) is 0 Å². The van der Waals surface area contributed by atoms with Crippen LogP contribution in [0.1, 0.15) is 87.5 Å². The number of benzene rings is 1. The van der Waals surface area contributed by atoms with E-state index >= 15 is 0 Å². The molecular weight excluding hydrogens is 549 g/mol. The number of piperidine rings is 1. The van der Waals surface area contributed by atoms with Crippen LogP contribution in [0, 0.1) is 24.2 Å². The van der Waals surface area contributed by atoms with Crippen molar-refractivity contribution in [2.24, 2.45) is 5.92 Å². The van der Waals surface area contributed by atoms with Gasteiger partial charge in [0.25, 0.3) is 11.5 Å². The van der Waals surface area contributed by atoms with Crippen molar-refractivity contribution in [1.29, 1.82) is 5.26 Å². The fourth-order valence-electron chi connectivity index (χ4n) is 5.95. The Hall–Kier alpha value is -2.89. The van der Waals surface area contributed by atoms with E-state index < -0.39 is 0 Å². The molecule has 2 fully saturated rings. The zero-order chi connectivity index (χ0) is 29.4. The number of thiocarbonyl (C=S) groups is 1. The molecule has 0 atom stereocenters. The minimum absolute atomic E-state index is 0.0757. The molecule has 0 unspecified atom stereocenters. The second-order valence-electron chi connectivity index (χ2n) is 11.1. The molecule has 1 aromatic heterocycles. The maximum Gasteiger partial charge on any atom is 0.270 e. The first kappa shape index (κ1) is 31.1. The van der Waals surface area contributed by atoms with Crippen molar-refractivity contribution in [3.8, 4) is 6.07 Å². The fourth-order valence-corrected chi connectivity index (χ4v) is 7.24. The van der Waals surface area contributed by atoms with Gasteiger partial charge in [0, 0.05) is 31.7 Å². The summed E-state index contributed by atoms with van der Waals surface area (Å²) in [5.74, 6) is 1.32. The highest BCUT2D eigenvalue weighted by Crippen LogP contribution is 2.37. The number of pyridine rings is 1. The predicted molar refractivity (Wildman–Crippen MR) is 174 cm³/mol. The zero-order valence-electron chi connectivity index (χ0n) is 24.7. The van der Waals surface area contributed by atoms with Gasteiger partial charge in [0.15, 0.2) is 0 Å². The van der Waals surface area contributed by atoms with Crippen LogP contribution in [0.25, 0.3) is 6.08 Å². The largest absolute Gasteiger partial charge is 0.357 e. The van der Waals surface area contributed by atoms with Crippen molar-refractivity contribution in [1.82, 2.24) is 9.47 Å². The number of rotatable bonds is 12. The Bertz CT molecular complexity index is 1370. The van der Waals surface area contributed by atoms with Crippen LogP contribution >= 0.6 is 24.0 Å². The van der Waals surface area contributed by atoms with Gasteiger partial charge in [-0.15, -0.1) is 0 Å². The molecule has 4 rings (SSSR count). The summed E-state index contributed by atoms with van der Waals surface area (Å²) in [4.78, 5) is 31.4. The number of amides is 1. The van der Waals surface area contributed by atoms with Gasteiger partial charge < -0.3 is 4.90 Å². The lowest BCUT2D eigenvalue weighted by Gasteiger charge is -2.36. The predicted octanol–water partition coefficient (Wildman–Crippen LogP) is 7.07. The second-order valence-corrected chi connectivity index (χ2v) is 12.8. The van der Waals surface area contributed by atoms with Gasteiger partial charge in [0.1, 0.15) is 21.8 Å². The Kier molecular flexibility index (Phi) is 11.2. The molecule has 0 bridgehead atoms. The van der Waals surface area contributed by atoms with Gasteiger partial charge in [-0.1, -0.05) is 93.3 Å². The van der Waals surface area contributed by atoms with Crippen LogP contribution in [0.15, 0.2) is 40.0 Å². The van der Waals surface area contributed by atoms with Crippen molar-refractivity contribution in [3.63, 3.8) is 0 Å². The van der Waals surface area contributed by atoms with Crippen molar-refractivity contribution in [2.75, 3.05) is 24.5 Å². The van der Waals surface area contributed by atoms with Gasteiger partial charge in [-0.2, -0.15) is 5.26 Å².